The van der Waals surface area contributed by atoms with Crippen LogP contribution in [0.25, 0.3) is 0 Å². The maximum atomic E-state index is 13.1. The zero-order chi connectivity index (χ0) is 14.0. The van der Waals surface area contributed by atoms with E-state index in [0.29, 0.717) is 5.56 Å². The quantitative estimate of drug-likeness (QED) is 0.789. The van der Waals surface area contributed by atoms with Gasteiger partial charge in [0.1, 0.15) is 5.82 Å². The first-order valence-corrected chi connectivity index (χ1v) is 6.44. The summed E-state index contributed by atoms with van der Waals surface area (Å²) in [6, 6.07) is 3.49. The van der Waals surface area contributed by atoms with Crippen molar-refractivity contribution >= 4 is 11.6 Å². The Balaban J connectivity index is 2.04. The minimum absolute atomic E-state index is 0.0618. The van der Waals surface area contributed by atoms with Gasteiger partial charge in [-0.25, -0.2) is 13.8 Å². The van der Waals surface area contributed by atoms with E-state index in [1.165, 1.54) is 6.20 Å². The number of alkyl halides is 2. The second kappa shape index (κ2) is 5.23. The van der Waals surface area contributed by atoms with E-state index in [1.807, 2.05) is 19.0 Å². The highest BCUT2D eigenvalue weighted by Gasteiger charge is 2.37. The van der Waals surface area contributed by atoms with Crippen LogP contribution in [0.1, 0.15) is 36.0 Å². The van der Waals surface area contributed by atoms with Crippen LogP contribution in [0.4, 0.5) is 14.6 Å². The van der Waals surface area contributed by atoms with Gasteiger partial charge in [0.05, 0.1) is 0 Å². The second-order valence-electron chi connectivity index (χ2n) is 5.29. The first kappa shape index (κ1) is 13.9. The lowest BCUT2D eigenvalue weighted by atomic mass is 9.82. The number of nitrogens with zero attached hydrogens (tertiary/aromatic N) is 2. The van der Waals surface area contributed by atoms with Crippen molar-refractivity contribution in [3.63, 3.8) is 0 Å². The molecule has 1 aromatic heterocycles. The lowest BCUT2D eigenvalue weighted by Gasteiger charge is -2.27. The Bertz CT molecular complexity index is 447. The number of ketones is 1. The zero-order valence-corrected chi connectivity index (χ0v) is 11.2. The first-order valence-electron chi connectivity index (χ1n) is 6.44. The fraction of sp³-hybridized carbons (Fsp3) is 0.571. The van der Waals surface area contributed by atoms with E-state index in [0.717, 1.165) is 5.82 Å². The highest BCUT2D eigenvalue weighted by molar-refractivity contribution is 5.97. The van der Waals surface area contributed by atoms with Gasteiger partial charge in [-0.05, 0) is 25.0 Å². The molecule has 0 unspecified atom stereocenters. The van der Waals surface area contributed by atoms with E-state index in [9.17, 15) is 13.6 Å². The van der Waals surface area contributed by atoms with Crippen LogP contribution in [0.3, 0.4) is 0 Å². The molecule has 5 heteroatoms. The fourth-order valence-corrected chi connectivity index (χ4v) is 2.33. The van der Waals surface area contributed by atoms with E-state index in [1.54, 1.807) is 12.1 Å². The van der Waals surface area contributed by atoms with Crippen LogP contribution in [0.15, 0.2) is 18.3 Å². The molecule has 0 atom stereocenters. The second-order valence-corrected chi connectivity index (χ2v) is 5.29. The molecule has 0 radical (unpaired) electrons. The van der Waals surface area contributed by atoms with Crippen molar-refractivity contribution in [2.45, 2.75) is 31.6 Å². The van der Waals surface area contributed by atoms with Crippen molar-refractivity contribution < 1.29 is 13.6 Å². The van der Waals surface area contributed by atoms with Gasteiger partial charge in [0, 0.05) is 44.6 Å². The Morgan fingerprint density at radius 1 is 1.32 bits per heavy atom. The first-order chi connectivity index (χ1) is 8.89. The molecule has 19 heavy (non-hydrogen) atoms. The molecule has 0 amide bonds. The van der Waals surface area contributed by atoms with Gasteiger partial charge in [0.2, 0.25) is 5.92 Å². The molecule has 0 N–H and O–H groups in total. The Morgan fingerprint density at radius 2 is 1.95 bits per heavy atom. The van der Waals surface area contributed by atoms with E-state index >= 15 is 0 Å². The summed E-state index contributed by atoms with van der Waals surface area (Å²) in [5.74, 6) is -2.17. The number of carbonyl (C=O) groups excluding carboxylic acids is 1. The minimum atomic E-state index is -2.59. The van der Waals surface area contributed by atoms with Gasteiger partial charge in [-0.15, -0.1) is 0 Å². The summed E-state index contributed by atoms with van der Waals surface area (Å²) in [7, 11) is 3.74. The van der Waals surface area contributed by atoms with Crippen LogP contribution >= 0.6 is 0 Å². The van der Waals surface area contributed by atoms with Gasteiger partial charge in [0.15, 0.2) is 5.78 Å². The molecule has 0 spiro atoms. The SMILES string of the molecule is CN(C)c1ccc(C(=O)C2CCC(F)(F)CC2)cn1. The lowest BCUT2D eigenvalue weighted by Crippen LogP contribution is -2.28. The monoisotopic (exact) mass is 268 g/mol. The molecule has 1 heterocycles. The third-order valence-corrected chi connectivity index (χ3v) is 3.58. The Kier molecular flexibility index (Phi) is 3.83. The third kappa shape index (κ3) is 3.28. The summed E-state index contributed by atoms with van der Waals surface area (Å²) in [6.07, 6.45) is 1.69. The third-order valence-electron chi connectivity index (χ3n) is 3.58. The van der Waals surface area contributed by atoms with Crippen LogP contribution in [0.2, 0.25) is 0 Å². The molecule has 0 aliphatic heterocycles. The number of rotatable bonds is 3. The molecule has 104 valence electrons. The molecular formula is C14H18F2N2O. The number of carbonyl (C=O) groups is 1. The fourth-order valence-electron chi connectivity index (χ4n) is 2.33. The summed E-state index contributed by atoms with van der Waals surface area (Å²) in [4.78, 5) is 18.2. The van der Waals surface area contributed by atoms with E-state index in [-0.39, 0.29) is 37.4 Å². The molecule has 0 bridgehead atoms. The smallest absolute Gasteiger partial charge is 0.248 e. The molecule has 3 nitrogen and oxygen atoms in total. The average molecular weight is 268 g/mol. The van der Waals surface area contributed by atoms with Crippen molar-refractivity contribution in [3.8, 4) is 0 Å². The average Bonchev–Trinajstić information content (AvgIpc) is 2.38. The van der Waals surface area contributed by atoms with Gasteiger partial charge in [-0.2, -0.15) is 0 Å². The summed E-state index contributed by atoms with van der Waals surface area (Å²) >= 11 is 0. The zero-order valence-electron chi connectivity index (χ0n) is 11.2. The minimum Gasteiger partial charge on any atom is -0.363 e. The van der Waals surface area contributed by atoms with Crippen LogP contribution in [0.5, 0.6) is 0 Å². The van der Waals surface area contributed by atoms with Crippen LogP contribution in [-0.4, -0.2) is 30.8 Å². The largest absolute Gasteiger partial charge is 0.363 e. The maximum Gasteiger partial charge on any atom is 0.248 e. The van der Waals surface area contributed by atoms with Gasteiger partial charge >= 0.3 is 0 Å². The van der Waals surface area contributed by atoms with Crippen LogP contribution < -0.4 is 4.90 Å². The van der Waals surface area contributed by atoms with Crippen molar-refractivity contribution in [1.82, 2.24) is 4.98 Å². The Labute approximate surface area is 111 Å². The molecule has 0 aromatic carbocycles. The Hall–Kier alpha value is -1.52. The van der Waals surface area contributed by atoms with Gasteiger partial charge in [0.25, 0.3) is 0 Å². The van der Waals surface area contributed by atoms with Crippen LogP contribution in [0, 0.1) is 5.92 Å². The standard InChI is InChI=1S/C14H18F2N2O/c1-18(2)12-4-3-11(9-17-12)13(19)10-5-7-14(15,16)8-6-10/h3-4,9-10H,5-8H2,1-2H3. The number of hydrogen-bond acceptors (Lipinski definition) is 3. The number of Topliss-reactive ketones (excluding diaryl/α,β-unsaturated/α-hetero) is 1. The molecule has 1 saturated carbocycles. The normalized spacial score (nSPS) is 19.2. The molecule has 1 aliphatic carbocycles. The molecular weight excluding hydrogens is 250 g/mol. The number of hydrogen-bond donors (Lipinski definition) is 0. The Morgan fingerprint density at radius 3 is 2.42 bits per heavy atom. The topological polar surface area (TPSA) is 33.2 Å². The van der Waals surface area contributed by atoms with Crippen LogP contribution in [-0.2, 0) is 0 Å². The van der Waals surface area contributed by atoms with Gasteiger partial charge < -0.3 is 4.90 Å². The number of aromatic nitrogens is 1. The van der Waals surface area contributed by atoms with Gasteiger partial charge in [-0.3, -0.25) is 4.79 Å². The predicted octanol–water partition coefficient (Wildman–Crippen LogP) is 3.16. The summed E-state index contributed by atoms with van der Waals surface area (Å²) in [5, 5.41) is 0. The number of anilines is 1. The van der Waals surface area contributed by atoms with E-state index in [4.69, 9.17) is 0 Å². The summed E-state index contributed by atoms with van der Waals surface area (Å²) < 4.78 is 26.1. The molecule has 1 aliphatic rings. The van der Waals surface area contributed by atoms with Crippen molar-refractivity contribution in [2.75, 3.05) is 19.0 Å². The number of pyridine rings is 1. The maximum absolute atomic E-state index is 13.1. The highest BCUT2D eigenvalue weighted by Crippen LogP contribution is 2.37. The summed E-state index contributed by atoms with van der Waals surface area (Å²) in [6.45, 7) is 0. The van der Waals surface area contributed by atoms with Crippen molar-refractivity contribution in [1.29, 1.82) is 0 Å². The van der Waals surface area contributed by atoms with Crippen molar-refractivity contribution in [3.05, 3.63) is 23.9 Å². The van der Waals surface area contributed by atoms with Crippen molar-refractivity contribution in [2.24, 2.45) is 5.92 Å². The molecule has 0 saturated heterocycles. The van der Waals surface area contributed by atoms with E-state index < -0.39 is 5.92 Å². The molecule has 1 aromatic rings. The molecule has 2 rings (SSSR count). The lowest BCUT2D eigenvalue weighted by molar-refractivity contribution is -0.0424. The van der Waals surface area contributed by atoms with Gasteiger partial charge in [-0.1, -0.05) is 0 Å². The van der Waals surface area contributed by atoms with E-state index in [2.05, 4.69) is 4.98 Å². The number of halogens is 2. The predicted molar refractivity (Wildman–Crippen MR) is 69.8 cm³/mol. The highest BCUT2D eigenvalue weighted by atomic mass is 19.3. The summed E-state index contributed by atoms with van der Waals surface area (Å²) in [5.41, 5.74) is 0.515. The molecule has 1 fully saturated rings.